The molecule has 0 saturated heterocycles. The first-order valence-electron chi connectivity index (χ1n) is 10.7. The van der Waals surface area contributed by atoms with Gasteiger partial charge in [-0.25, -0.2) is 14.6 Å². The summed E-state index contributed by atoms with van der Waals surface area (Å²) in [5.74, 6) is 3.17. The van der Waals surface area contributed by atoms with E-state index >= 15 is 0 Å². The minimum Gasteiger partial charge on any atom is -0.331 e. The van der Waals surface area contributed by atoms with E-state index in [0.29, 0.717) is 31.3 Å². The van der Waals surface area contributed by atoms with Crippen molar-refractivity contribution < 1.29 is 4.79 Å². The quantitative estimate of drug-likeness (QED) is 0.644. The fourth-order valence-corrected chi connectivity index (χ4v) is 4.32. The summed E-state index contributed by atoms with van der Waals surface area (Å²) in [4.78, 5) is 24.6. The van der Waals surface area contributed by atoms with Crippen LogP contribution in [0.2, 0.25) is 0 Å². The van der Waals surface area contributed by atoms with E-state index in [1.165, 1.54) is 12.8 Å². The molecule has 1 fully saturated rings. The molecule has 3 heterocycles. The Kier molecular flexibility index (Phi) is 4.60. The van der Waals surface area contributed by atoms with E-state index in [4.69, 9.17) is 10.1 Å². The molecule has 2 aliphatic rings. The Balaban J connectivity index is 1.34. The summed E-state index contributed by atoms with van der Waals surface area (Å²) in [7, 11) is 0. The maximum absolute atomic E-state index is 13.2. The van der Waals surface area contributed by atoms with Crippen LogP contribution in [-0.4, -0.2) is 41.7 Å². The molecule has 0 spiro atoms. The lowest BCUT2D eigenvalue weighted by atomic mass is 10.00. The molecule has 1 amide bonds. The van der Waals surface area contributed by atoms with Gasteiger partial charge in [-0.2, -0.15) is 5.10 Å². The highest BCUT2D eigenvalue weighted by atomic mass is 16.2. The summed E-state index contributed by atoms with van der Waals surface area (Å²) >= 11 is 0. The van der Waals surface area contributed by atoms with E-state index in [9.17, 15) is 4.79 Å². The first kappa shape index (κ1) is 18.3. The van der Waals surface area contributed by atoms with E-state index in [2.05, 4.69) is 29.5 Å². The van der Waals surface area contributed by atoms with Crippen molar-refractivity contribution in [1.82, 2.24) is 29.2 Å². The normalized spacial score (nSPS) is 19.1. The van der Waals surface area contributed by atoms with Gasteiger partial charge in [0.25, 0.3) is 0 Å². The van der Waals surface area contributed by atoms with Crippen molar-refractivity contribution in [2.45, 2.75) is 64.6 Å². The van der Waals surface area contributed by atoms with Crippen molar-refractivity contribution in [2.75, 3.05) is 6.54 Å². The molecular weight excluding hydrogens is 364 g/mol. The van der Waals surface area contributed by atoms with E-state index in [0.717, 1.165) is 35.6 Å². The predicted octanol–water partition coefficient (Wildman–Crippen LogP) is 3.52. The molecule has 2 aromatic heterocycles. The highest BCUT2D eigenvalue weighted by Gasteiger charge is 2.36. The minimum atomic E-state index is 0.0239. The Hall–Kier alpha value is -2.70. The lowest BCUT2D eigenvalue weighted by Gasteiger charge is -2.36. The van der Waals surface area contributed by atoms with Gasteiger partial charge in [0.2, 0.25) is 5.91 Å². The zero-order chi connectivity index (χ0) is 20.0. The summed E-state index contributed by atoms with van der Waals surface area (Å²) in [6.07, 6.45) is 5.61. The molecule has 1 saturated carbocycles. The molecule has 7 heteroatoms. The van der Waals surface area contributed by atoms with Crippen LogP contribution in [0.25, 0.3) is 11.0 Å². The molecule has 1 aliphatic carbocycles. The molecule has 1 aliphatic heterocycles. The molecule has 0 unspecified atom stereocenters. The fraction of sp³-hybridized carbons (Fsp3) is 0.545. The molecule has 0 N–H and O–H groups in total. The molecular formula is C22H28N6O. The number of hydrogen-bond acceptors (Lipinski definition) is 4. The van der Waals surface area contributed by atoms with Gasteiger partial charge in [0.1, 0.15) is 5.82 Å². The van der Waals surface area contributed by atoms with Crippen LogP contribution in [0.1, 0.15) is 63.1 Å². The first-order valence-corrected chi connectivity index (χ1v) is 10.7. The zero-order valence-corrected chi connectivity index (χ0v) is 17.2. The third-order valence-electron chi connectivity index (χ3n) is 6.00. The van der Waals surface area contributed by atoms with Crippen LogP contribution < -0.4 is 0 Å². The minimum absolute atomic E-state index is 0.0239. The topological polar surface area (TPSA) is 68.8 Å². The summed E-state index contributed by atoms with van der Waals surface area (Å²) in [5, 5.41) is 4.74. The van der Waals surface area contributed by atoms with Crippen LogP contribution in [0, 0.1) is 5.92 Å². The van der Waals surface area contributed by atoms with E-state index in [1.54, 1.807) is 0 Å². The van der Waals surface area contributed by atoms with Crippen molar-refractivity contribution in [3.05, 3.63) is 42.2 Å². The lowest BCUT2D eigenvalue weighted by Crippen LogP contribution is -2.43. The number of imidazole rings is 1. The van der Waals surface area contributed by atoms with Crippen molar-refractivity contribution >= 4 is 16.9 Å². The standard InChI is InChI=1S/C22H28N6O/c1-15(2)13-19-22-24-21(16-7-8-16)25-28(22)12-11-27(19)20(29)9-10-26-14-23-17-5-3-4-6-18(17)26/h3-6,14-16,19H,7-13H2,1-2H3/t19-/m0/s1. The number of hydrogen-bond donors (Lipinski definition) is 0. The number of aromatic nitrogens is 5. The Morgan fingerprint density at radius 3 is 2.83 bits per heavy atom. The highest BCUT2D eigenvalue weighted by Crippen LogP contribution is 2.40. The van der Waals surface area contributed by atoms with Gasteiger partial charge in [-0.15, -0.1) is 0 Å². The number of benzene rings is 1. The van der Waals surface area contributed by atoms with E-state index in [-0.39, 0.29) is 11.9 Å². The largest absolute Gasteiger partial charge is 0.331 e. The van der Waals surface area contributed by atoms with Gasteiger partial charge in [-0.3, -0.25) is 4.79 Å². The molecule has 29 heavy (non-hydrogen) atoms. The average Bonchev–Trinajstić information content (AvgIpc) is 3.33. The second kappa shape index (κ2) is 7.28. The van der Waals surface area contributed by atoms with Gasteiger partial charge in [-0.1, -0.05) is 26.0 Å². The monoisotopic (exact) mass is 392 g/mol. The SMILES string of the molecule is CC(C)C[C@H]1c2nc(C3CC3)nn2CCN1C(=O)CCn1cnc2ccccc21. The van der Waals surface area contributed by atoms with Gasteiger partial charge in [-0.05, 0) is 37.3 Å². The second-order valence-electron chi connectivity index (χ2n) is 8.73. The van der Waals surface area contributed by atoms with Gasteiger partial charge >= 0.3 is 0 Å². The maximum atomic E-state index is 13.2. The average molecular weight is 393 g/mol. The number of para-hydroxylation sites is 2. The summed E-state index contributed by atoms with van der Waals surface area (Å²) in [6.45, 7) is 6.50. The molecule has 7 nitrogen and oxygen atoms in total. The van der Waals surface area contributed by atoms with E-state index < -0.39 is 0 Å². The first-order chi connectivity index (χ1) is 14.1. The van der Waals surface area contributed by atoms with Gasteiger partial charge in [0, 0.05) is 25.4 Å². The lowest BCUT2D eigenvalue weighted by molar-refractivity contribution is -0.135. The number of carbonyl (C=O) groups is 1. The van der Waals surface area contributed by atoms with Crippen LogP contribution >= 0.6 is 0 Å². The Labute approximate surface area is 170 Å². The molecule has 1 atom stereocenters. The summed E-state index contributed by atoms with van der Waals surface area (Å²) in [5.41, 5.74) is 2.04. The summed E-state index contributed by atoms with van der Waals surface area (Å²) in [6, 6.07) is 8.07. The summed E-state index contributed by atoms with van der Waals surface area (Å²) < 4.78 is 4.12. The van der Waals surface area contributed by atoms with Crippen LogP contribution in [-0.2, 0) is 17.9 Å². The third kappa shape index (κ3) is 3.54. The molecule has 0 radical (unpaired) electrons. The molecule has 5 rings (SSSR count). The number of carbonyl (C=O) groups excluding carboxylic acids is 1. The van der Waals surface area contributed by atoms with Crippen molar-refractivity contribution in [3.8, 4) is 0 Å². The van der Waals surface area contributed by atoms with Crippen molar-refractivity contribution in [2.24, 2.45) is 5.92 Å². The Morgan fingerprint density at radius 1 is 1.21 bits per heavy atom. The van der Waals surface area contributed by atoms with E-state index in [1.807, 2.05) is 34.1 Å². The number of rotatable bonds is 6. The third-order valence-corrected chi connectivity index (χ3v) is 6.00. The maximum Gasteiger partial charge on any atom is 0.225 e. The van der Waals surface area contributed by atoms with Gasteiger partial charge < -0.3 is 9.47 Å². The van der Waals surface area contributed by atoms with Crippen LogP contribution in [0.4, 0.5) is 0 Å². The van der Waals surface area contributed by atoms with Crippen LogP contribution in [0.15, 0.2) is 30.6 Å². The van der Waals surface area contributed by atoms with Gasteiger partial charge in [0.15, 0.2) is 5.82 Å². The predicted molar refractivity (Wildman–Crippen MR) is 110 cm³/mol. The number of fused-ring (bicyclic) bond motifs is 2. The Morgan fingerprint density at radius 2 is 2.03 bits per heavy atom. The smallest absolute Gasteiger partial charge is 0.225 e. The molecule has 3 aromatic rings. The molecule has 152 valence electrons. The number of nitrogens with zero attached hydrogens (tertiary/aromatic N) is 6. The fourth-order valence-electron chi connectivity index (χ4n) is 4.32. The zero-order valence-electron chi connectivity index (χ0n) is 17.2. The Bertz CT molecular complexity index is 1030. The highest BCUT2D eigenvalue weighted by molar-refractivity contribution is 5.78. The second-order valence-corrected chi connectivity index (χ2v) is 8.73. The van der Waals surface area contributed by atoms with Gasteiger partial charge in [0.05, 0.1) is 29.9 Å². The molecule has 1 aromatic carbocycles. The van der Waals surface area contributed by atoms with Crippen LogP contribution in [0.5, 0.6) is 0 Å². The number of aryl methyl sites for hydroxylation is 1. The van der Waals surface area contributed by atoms with Crippen molar-refractivity contribution in [3.63, 3.8) is 0 Å². The van der Waals surface area contributed by atoms with Crippen molar-refractivity contribution in [1.29, 1.82) is 0 Å². The molecule has 0 bridgehead atoms. The van der Waals surface area contributed by atoms with Crippen LogP contribution in [0.3, 0.4) is 0 Å². The number of amides is 1.